The lowest BCUT2D eigenvalue weighted by molar-refractivity contribution is 0.112. The van der Waals surface area contributed by atoms with Crippen molar-refractivity contribution in [3.63, 3.8) is 0 Å². The van der Waals surface area contributed by atoms with Crippen LogP contribution in [0.3, 0.4) is 0 Å². The van der Waals surface area contributed by atoms with Gasteiger partial charge in [0.15, 0.2) is 0 Å². The zero-order valence-electron chi connectivity index (χ0n) is 11.3. The topological polar surface area (TPSA) is 80.0 Å². The molecule has 112 valence electrons. The zero-order valence-corrected chi connectivity index (χ0v) is 11.3. The highest BCUT2D eigenvalue weighted by atomic mass is 19.3. The first-order valence-corrected chi connectivity index (χ1v) is 6.32. The third-order valence-corrected chi connectivity index (χ3v) is 2.70. The number of aromatic nitrogens is 2. The fourth-order valence-electron chi connectivity index (χ4n) is 1.55. The molecule has 0 atom stereocenters. The lowest BCUT2D eigenvalue weighted by Crippen LogP contribution is -2.28. The van der Waals surface area contributed by atoms with Gasteiger partial charge in [-0.3, -0.25) is 5.32 Å². The maximum absolute atomic E-state index is 12.3. The highest BCUT2D eigenvalue weighted by molar-refractivity contribution is 5.88. The molecule has 0 radical (unpaired) electrons. The van der Waals surface area contributed by atoms with Crippen LogP contribution < -0.4 is 10.6 Å². The van der Waals surface area contributed by atoms with Crippen molar-refractivity contribution in [1.29, 1.82) is 0 Å². The Kier molecular flexibility index (Phi) is 4.81. The van der Waals surface area contributed by atoms with Crippen LogP contribution >= 0.6 is 0 Å². The Morgan fingerprint density at radius 3 is 2.81 bits per heavy atom. The van der Waals surface area contributed by atoms with E-state index in [0.29, 0.717) is 5.82 Å². The van der Waals surface area contributed by atoms with Crippen molar-refractivity contribution < 1.29 is 18.1 Å². The molecule has 0 bridgehead atoms. The van der Waals surface area contributed by atoms with E-state index in [4.69, 9.17) is 0 Å². The summed E-state index contributed by atoms with van der Waals surface area (Å²) in [6.07, 6.45) is -0.193. The number of nitrogens with zero attached hydrogens (tertiary/aromatic N) is 2. The summed E-state index contributed by atoms with van der Waals surface area (Å²) in [5.74, 6) is -0.123. The Morgan fingerprint density at radius 1 is 1.43 bits per heavy atom. The molecule has 2 heterocycles. The van der Waals surface area contributed by atoms with Crippen LogP contribution in [0.15, 0.2) is 28.9 Å². The van der Waals surface area contributed by atoms with Gasteiger partial charge in [-0.2, -0.15) is 0 Å². The Labute approximate surface area is 119 Å². The molecule has 2 aromatic rings. The van der Waals surface area contributed by atoms with Gasteiger partial charge in [-0.25, -0.2) is 18.6 Å². The van der Waals surface area contributed by atoms with E-state index in [0.717, 1.165) is 18.1 Å². The van der Waals surface area contributed by atoms with Crippen LogP contribution in [0.4, 0.5) is 19.4 Å². The van der Waals surface area contributed by atoms with E-state index in [1.807, 2.05) is 13.0 Å². The molecule has 0 fully saturated rings. The number of halogens is 2. The van der Waals surface area contributed by atoms with Crippen LogP contribution in [0.2, 0.25) is 0 Å². The van der Waals surface area contributed by atoms with Gasteiger partial charge in [0.2, 0.25) is 5.76 Å². The smallest absolute Gasteiger partial charge is 0.320 e. The predicted molar refractivity (Wildman–Crippen MR) is 70.9 cm³/mol. The molecule has 0 unspecified atom stereocenters. The number of carbonyl (C=O) groups is 1. The van der Waals surface area contributed by atoms with Crippen LogP contribution in [0, 0.1) is 0 Å². The normalized spacial score (nSPS) is 10.7. The number of anilines is 1. The Balaban J connectivity index is 1.83. The van der Waals surface area contributed by atoms with Crippen molar-refractivity contribution in [2.24, 2.45) is 0 Å². The molecule has 0 aliphatic carbocycles. The van der Waals surface area contributed by atoms with Crippen molar-refractivity contribution in [1.82, 2.24) is 15.5 Å². The van der Waals surface area contributed by atoms with Crippen LogP contribution in [-0.4, -0.2) is 16.2 Å². The maximum atomic E-state index is 12.3. The average molecular weight is 296 g/mol. The number of carbonyl (C=O) groups excluding carboxylic acids is 1. The van der Waals surface area contributed by atoms with Gasteiger partial charge in [0.05, 0.1) is 6.54 Å². The summed E-state index contributed by atoms with van der Waals surface area (Å²) < 4.78 is 29.0. The third kappa shape index (κ3) is 4.23. The zero-order chi connectivity index (χ0) is 15.2. The molecule has 8 heteroatoms. The van der Waals surface area contributed by atoms with Crippen LogP contribution in [0.5, 0.6) is 0 Å². The van der Waals surface area contributed by atoms with Gasteiger partial charge >= 0.3 is 6.03 Å². The SMILES string of the molecule is CCc1ccc(NC(=O)NCc2cc(C(F)F)on2)nc1. The lowest BCUT2D eigenvalue weighted by Gasteiger charge is -2.05. The molecule has 0 saturated heterocycles. The Hall–Kier alpha value is -2.51. The third-order valence-electron chi connectivity index (χ3n) is 2.70. The van der Waals surface area contributed by atoms with E-state index in [2.05, 4.69) is 25.3 Å². The quantitative estimate of drug-likeness (QED) is 0.889. The number of amides is 2. The number of rotatable bonds is 5. The molecule has 2 aromatic heterocycles. The Morgan fingerprint density at radius 2 is 2.24 bits per heavy atom. The average Bonchev–Trinajstić information content (AvgIpc) is 2.95. The number of nitrogens with one attached hydrogen (secondary N) is 2. The minimum absolute atomic E-state index is 0.0188. The van der Waals surface area contributed by atoms with Crippen LogP contribution in [-0.2, 0) is 13.0 Å². The van der Waals surface area contributed by atoms with Gasteiger partial charge in [-0.15, -0.1) is 0 Å². The first-order chi connectivity index (χ1) is 10.1. The summed E-state index contributed by atoms with van der Waals surface area (Å²) in [5, 5.41) is 8.42. The molecule has 2 amide bonds. The monoisotopic (exact) mass is 296 g/mol. The summed E-state index contributed by atoms with van der Waals surface area (Å²) in [7, 11) is 0. The highest BCUT2D eigenvalue weighted by Crippen LogP contribution is 2.18. The second kappa shape index (κ2) is 6.78. The summed E-state index contributed by atoms with van der Waals surface area (Å²) in [6, 6.07) is 4.13. The lowest BCUT2D eigenvalue weighted by atomic mass is 10.2. The number of aryl methyl sites for hydroxylation is 1. The van der Waals surface area contributed by atoms with Crippen molar-refractivity contribution in [2.75, 3.05) is 5.32 Å². The molecule has 6 nitrogen and oxygen atoms in total. The van der Waals surface area contributed by atoms with Gasteiger partial charge < -0.3 is 9.84 Å². The highest BCUT2D eigenvalue weighted by Gasteiger charge is 2.14. The van der Waals surface area contributed by atoms with Crippen molar-refractivity contribution >= 4 is 11.8 Å². The molecule has 0 aliphatic rings. The summed E-state index contributed by atoms with van der Waals surface area (Å²) in [4.78, 5) is 15.7. The molecular formula is C13H14F2N4O2. The molecule has 2 N–H and O–H groups in total. The van der Waals surface area contributed by atoms with Crippen molar-refractivity contribution in [3.8, 4) is 0 Å². The first-order valence-electron chi connectivity index (χ1n) is 6.32. The Bertz CT molecular complexity index is 598. The second-order valence-corrected chi connectivity index (χ2v) is 4.23. The molecule has 2 rings (SSSR count). The summed E-state index contributed by atoms with van der Waals surface area (Å²) in [6.45, 7) is 1.98. The molecule has 21 heavy (non-hydrogen) atoms. The fourth-order valence-corrected chi connectivity index (χ4v) is 1.55. The summed E-state index contributed by atoms with van der Waals surface area (Å²) in [5.41, 5.74) is 1.28. The molecule has 0 aromatic carbocycles. The largest absolute Gasteiger partial charge is 0.355 e. The van der Waals surface area contributed by atoms with Gasteiger partial charge in [-0.1, -0.05) is 18.1 Å². The van der Waals surface area contributed by atoms with E-state index >= 15 is 0 Å². The second-order valence-electron chi connectivity index (χ2n) is 4.23. The summed E-state index contributed by atoms with van der Waals surface area (Å²) >= 11 is 0. The molecule has 0 aliphatic heterocycles. The van der Waals surface area contributed by atoms with Crippen LogP contribution in [0.1, 0.15) is 30.4 Å². The van der Waals surface area contributed by atoms with E-state index < -0.39 is 18.2 Å². The maximum Gasteiger partial charge on any atom is 0.320 e. The van der Waals surface area contributed by atoms with Gasteiger partial charge in [0.1, 0.15) is 11.5 Å². The van der Waals surface area contributed by atoms with E-state index in [-0.39, 0.29) is 12.2 Å². The number of urea groups is 1. The van der Waals surface area contributed by atoms with Gasteiger partial charge in [0.25, 0.3) is 6.43 Å². The van der Waals surface area contributed by atoms with Crippen molar-refractivity contribution in [2.45, 2.75) is 26.3 Å². The van der Waals surface area contributed by atoms with E-state index in [1.165, 1.54) is 0 Å². The number of hydrogen-bond acceptors (Lipinski definition) is 4. The van der Waals surface area contributed by atoms with Crippen molar-refractivity contribution in [3.05, 3.63) is 41.4 Å². The fraction of sp³-hybridized carbons (Fsp3) is 0.308. The first kappa shape index (κ1) is 14.9. The minimum Gasteiger partial charge on any atom is -0.355 e. The number of pyridine rings is 1. The van der Waals surface area contributed by atoms with E-state index in [9.17, 15) is 13.6 Å². The van der Waals surface area contributed by atoms with Gasteiger partial charge in [0, 0.05) is 12.3 Å². The van der Waals surface area contributed by atoms with Gasteiger partial charge in [-0.05, 0) is 18.1 Å². The molecule has 0 saturated carbocycles. The van der Waals surface area contributed by atoms with Crippen LogP contribution in [0.25, 0.3) is 0 Å². The molecule has 0 spiro atoms. The predicted octanol–water partition coefficient (Wildman–Crippen LogP) is 2.89. The standard InChI is InChI=1S/C13H14F2N4O2/c1-2-8-3-4-11(16-6-8)18-13(20)17-7-9-5-10(12(14)15)21-19-9/h3-6,12H,2,7H2,1H3,(H2,16,17,18,20). The number of alkyl halides is 2. The number of hydrogen-bond donors (Lipinski definition) is 2. The minimum atomic E-state index is -2.72. The van der Waals surface area contributed by atoms with E-state index in [1.54, 1.807) is 12.3 Å². The molecular weight excluding hydrogens is 282 g/mol.